The molecular formula is C13H22F3NO3. The Morgan fingerprint density at radius 1 is 1.40 bits per heavy atom. The van der Waals surface area contributed by atoms with Gasteiger partial charge in [-0.25, -0.2) is 0 Å². The van der Waals surface area contributed by atoms with Crippen LogP contribution in [-0.4, -0.2) is 43.6 Å². The van der Waals surface area contributed by atoms with Gasteiger partial charge in [-0.1, -0.05) is 12.8 Å². The molecular weight excluding hydrogens is 275 g/mol. The molecule has 1 saturated carbocycles. The van der Waals surface area contributed by atoms with Crippen molar-refractivity contribution < 1.29 is 27.8 Å². The van der Waals surface area contributed by atoms with Gasteiger partial charge in [0.25, 0.3) is 0 Å². The van der Waals surface area contributed by atoms with Crippen molar-refractivity contribution in [3.05, 3.63) is 0 Å². The highest BCUT2D eigenvalue weighted by Crippen LogP contribution is 2.41. The van der Waals surface area contributed by atoms with Crippen LogP contribution in [0.25, 0.3) is 0 Å². The lowest BCUT2D eigenvalue weighted by molar-refractivity contribution is -0.198. The van der Waals surface area contributed by atoms with Crippen molar-refractivity contribution in [2.75, 3.05) is 20.3 Å². The van der Waals surface area contributed by atoms with E-state index in [1.807, 2.05) is 0 Å². The number of halogens is 3. The first-order valence-corrected chi connectivity index (χ1v) is 6.87. The van der Waals surface area contributed by atoms with Crippen LogP contribution in [0, 0.1) is 11.8 Å². The quantitative estimate of drug-likeness (QED) is 0.787. The molecule has 7 heteroatoms. The molecule has 1 rings (SSSR count). The minimum atomic E-state index is -4.32. The van der Waals surface area contributed by atoms with Gasteiger partial charge < -0.3 is 15.2 Å². The van der Waals surface area contributed by atoms with Gasteiger partial charge in [-0.2, -0.15) is 13.2 Å². The van der Waals surface area contributed by atoms with E-state index in [9.17, 15) is 23.1 Å². The van der Waals surface area contributed by atoms with Gasteiger partial charge in [0.1, 0.15) is 0 Å². The highest BCUT2D eigenvalue weighted by atomic mass is 19.4. The number of rotatable bonds is 6. The van der Waals surface area contributed by atoms with Crippen LogP contribution in [-0.2, 0) is 9.53 Å². The van der Waals surface area contributed by atoms with Gasteiger partial charge in [0.15, 0.2) is 0 Å². The molecule has 0 spiro atoms. The zero-order chi connectivity index (χ0) is 15.2. The second-order valence-electron chi connectivity index (χ2n) is 5.23. The number of carbonyl (C=O) groups excluding carboxylic acids is 1. The summed E-state index contributed by atoms with van der Waals surface area (Å²) in [5.74, 6) is -3.10. The standard InChI is InChI=1S/C13H22F3NO3/c1-20-8-9(18)6-7-17-12(19)10-4-2-3-5-11(10)13(14,15)16/h9-11,18H,2-8H2,1H3,(H,17,19). The van der Waals surface area contributed by atoms with Crippen molar-refractivity contribution >= 4 is 5.91 Å². The van der Waals surface area contributed by atoms with Gasteiger partial charge in [0, 0.05) is 19.6 Å². The monoisotopic (exact) mass is 297 g/mol. The molecule has 0 aromatic rings. The van der Waals surface area contributed by atoms with Gasteiger partial charge in [0.05, 0.1) is 18.6 Å². The third-order valence-corrected chi connectivity index (χ3v) is 3.66. The fourth-order valence-corrected chi connectivity index (χ4v) is 2.61. The first-order valence-electron chi connectivity index (χ1n) is 6.87. The fourth-order valence-electron chi connectivity index (χ4n) is 2.61. The van der Waals surface area contributed by atoms with Crippen molar-refractivity contribution in [1.82, 2.24) is 5.32 Å². The second-order valence-corrected chi connectivity index (χ2v) is 5.23. The Balaban J connectivity index is 2.44. The molecule has 2 N–H and O–H groups in total. The maximum atomic E-state index is 12.9. The number of hydrogen-bond donors (Lipinski definition) is 2. The molecule has 118 valence electrons. The van der Waals surface area contributed by atoms with Crippen molar-refractivity contribution in [2.24, 2.45) is 11.8 Å². The molecule has 1 fully saturated rings. The van der Waals surface area contributed by atoms with Crippen LogP contribution in [0.4, 0.5) is 13.2 Å². The Morgan fingerprint density at radius 3 is 2.65 bits per heavy atom. The van der Waals surface area contributed by atoms with Gasteiger partial charge in [-0.15, -0.1) is 0 Å². The number of hydrogen-bond acceptors (Lipinski definition) is 3. The van der Waals surface area contributed by atoms with Gasteiger partial charge in [0.2, 0.25) is 5.91 Å². The van der Waals surface area contributed by atoms with Crippen LogP contribution in [0.15, 0.2) is 0 Å². The highest BCUT2D eigenvalue weighted by Gasteiger charge is 2.47. The normalized spacial score (nSPS) is 25.2. The van der Waals surface area contributed by atoms with E-state index in [1.54, 1.807) is 0 Å². The van der Waals surface area contributed by atoms with E-state index in [2.05, 4.69) is 5.32 Å². The maximum absolute atomic E-state index is 12.9. The summed E-state index contributed by atoms with van der Waals surface area (Å²) in [6.07, 6.45) is -3.31. The molecule has 0 radical (unpaired) electrons. The average Bonchev–Trinajstić information content (AvgIpc) is 2.38. The Labute approximate surface area is 116 Å². The summed E-state index contributed by atoms with van der Waals surface area (Å²) in [4.78, 5) is 11.9. The van der Waals surface area contributed by atoms with Crippen molar-refractivity contribution in [3.8, 4) is 0 Å². The van der Waals surface area contributed by atoms with E-state index < -0.39 is 30.0 Å². The Bertz CT molecular complexity index is 310. The van der Waals surface area contributed by atoms with Crippen LogP contribution in [0.1, 0.15) is 32.1 Å². The summed E-state index contributed by atoms with van der Waals surface area (Å²) in [5.41, 5.74) is 0. The van der Waals surface area contributed by atoms with E-state index in [1.165, 1.54) is 7.11 Å². The fraction of sp³-hybridized carbons (Fsp3) is 0.923. The molecule has 4 nitrogen and oxygen atoms in total. The molecule has 0 saturated heterocycles. The molecule has 20 heavy (non-hydrogen) atoms. The highest BCUT2D eigenvalue weighted by molar-refractivity contribution is 5.79. The molecule has 0 aromatic heterocycles. The van der Waals surface area contributed by atoms with Gasteiger partial charge >= 0.3 is 6.18 Å². The average molecular weight is 297 g/mol. The van der Waals surface area contributed by atoms with Crippen LogP contribution in [0.5, 0.6) is 0 Å². The Hall–Kier alpha value is -0.820. The molecule has 1 amide bonds. The van der Waals surface area contributed by atoms with Crippen LogP contribution in [0.2, 0.25) is 0 Å². The summed E-state index contributed by atoms with van der Waals surface area (Å²) in [7, 11) is 1.44. The van der Waals surface area contributed by atoms with Gasteiger partial charge in [-0.3, -0.25) is 4.79 Å². The predicted molar refractivity (Wildman–Crippen MR) is 67.0 cm³/mol. The molecule has 3 atom stereocenters. The molecule has 3 unspecified atom stereocenters. The number of ether oxygens (including phenoxy) is 1. The number of aliphatic hydroxyl groups is 1. The molecule has 1 aliphatic carbocycles. The van der Waals surface area contributed by atoms with E-state index >= 15 is 0 Å². The topological polar surface area (TPSA) is 58.6 Å². The lowest BCUT2D eigenvalue weighted by atomic mass is 9.78. The smallest absolute Gasteiger partial charge is 0.391 e. The Kier molecular flexibility index (Phi) is 6.75. The van der Waals surface area contributed by atoms with E-state index in [0.29, 0.717) is 12.8 Å². The zero-order valence-electron chi connectivity index (χ0n) is 11.6. The van der Waals surface area contributed by atoms with Crippen LogP contribution < -0.4 is 5.32 Å². The van der Waals surface area contributed by atoms with Crippen LogP contribution in [0.3, 0.4) is 0 Å². The minimum Gasteiger partial charge on any atom is -0.391 e. The molecule has 0 aromatic carbocycles. The SMILES string of the molecule is COCC(O)CCNC(=O)C1CCCCC1C(F)(F)F. The number of nitrogens with one attached hydrogen (secondary N) is 1. The summed E-state index contributed by atoms with van der Waals surface area (Å²) < 4.78 is 43.3. The third-order valence-electron chi connectivity index (χ3n) is 3.66. The molecule has 0 aliphatic heterocycles. The third kappa shape index (κ3) is 5.28. The molecule has 0 bridgehead atoms. The summed E-state index contributed by atoms with van der Waals surface area (Å²) >= 11 is 0. The Morgan fingerprint density at radius 2 is 2.05 bits per heavy atom. The minimum absolute atomic E-state index is 0.0217. The molecule has 0 heterocycles. The second kappa shape index (κ2) is 7.83. The summed E-state index contributed by atoms with van der Waals surface area (Å²) in [6.45, 7) is 0.301. The summed E-state index contributed by atoms with van der Waals surface area (Å²) in [6, 6.07) is 0. The number of aliphatic hydroxyl groups excluding tert-OH is 1. The summed E-state index contributed by atoms with van der Waals surface area (Å²) in [5, 5.41) is 11.9. The maximum Gasteiger partial charge on any atom is 0.392 e. The van der Waals surface area contributed by atoms with Crippen molar-refractivity contribution in [3.63, 3.8) is 0 Å². The number of methoxy groups -OCH3 is 1. The van der Waals surface area contributed by atoms with Crippen LogP contribution >= 0.6 is 0 Å². The van der Waals surface area contributed by atoms with E-state index in [-0.39, 0.29) is 32.4 Å². The first-order chi connectivity index (χ1) is 9.36. The lowest BCUT2D eigenvalue weighted by Gasteiger charge is -2.32. The van der Waals surface area contributed by atoms with Crippen molar-refractivity contribution in [1.29, 1.82) is 0 Å². The first kappa shape index (κ1) is 17.2. The zero-order valence-corrected chi connectivity index (χ0v) is 11.6. The lowest BCUT2D eigenvalue weighted by Crippen LogP contribution is -2.43. The van der Waals surface area contributed by atoms with E-state index in [4.69, 9.17) is 4.74 Å². The van der Waals surface area contributed by atoms with Crippen molar-refractivity contribution in [2.45, 2.75) is 44.4 Å². The predicted octanol–water partition coefficient (Wildman–Crippen LogP) is 1.87. The number of carbonyl (C=O) groups is 1. The number of amides is 1. The van der Waals surface area contributed by atoms with E-state index in [0.717, 1.165) is 0 Å². The number of alkyl halides is 3. The largest absolute Gasteiger partial charge is 0.392 e. The molecule has 1 aliphatic rings. The van der Waals surface area contributed by atoms with Gasteiger partial charge in [-0.05, 0) is 19.3 Å².